The average Bonchev–Trinajstić information content (AvgIpc) is 2.39. The summed E-state index contributed by atoms with van der Waals surface area (Å²) in [7, 11) is 0. The average molecular weight is 263 g/mol. The second-order valence-corrected chi connectivity index (χ2v) is 3.85. The van der Waals surface area contributed by atoms with Crippen molar-refractivity contribution in [2.45, 2.75) is 6.61 Å². The van der Waals surface area contributed by atoms with Crippen LogP contribution in [0.2, 0.25) is 5.02 Å². The van der Waals surface area contributed by atoms with Gasteiger partial charge in [0.05, 0.1) is 5.56 Å². The summed E-state index contributed by atoms with van der Waals surface area (Å²) < 4.78 is 18.7. The number of benzene rings is 1. The molecule has 0 spiro atoms. The fourth-order valence-electron chi connectivity index (χ4n) is 1.37. The summed E-state index contributed by atoms with van der Waals surface area (Å²) in [4.78, 5) is 3.90. The summed E-state index contributed by atoms with van der Waals surface area (Å²) in [6.07, 6.45) is 1.42. The molecule has 90 valence electrons. The maximum atomic E-state index is 13.4. The van der Waals surface area contributed by atoms with Gasteiger partial charge in [0.2, 0.25) is 5.88 Å². The van der Waals surface area contributed by atoms with Crippen molar-refractivity contribution in [1.82, 2.24) is 4.98 Å². The van der Waals surface area contributed by atoms with E-state index in [1.54, 1.807) is 18.2 Å². The molecule has 0 radical (unpaired) electrons. The first-order chi connectivity index (χ1) is 8.72. The predicted octanol–water partition coefficient (Wildman–Crippen LogP) is 3.32. The van der Waals surface area contributed by atoms with Crippen LogP contribution in [-0.2, 0) is 6.61 Å². The molecule has 5 heteroatoms. The van der Waals surface area contributed by atoms with Crippen LogP contribution in [0.25, 0.3) is 0 Å². The lowest BCUT2D eigenvalue weighted by Gasteiger charge is -2.07. The molecule has 1 aromatic heterocycles. The van der Waals surface area contributed by atoms with E-state index in [1.165, 1.54) is 18.3 Å². The van der Waals surface area contributed by atoms with E-state index in [0.29, 0.717) is 5.56 Å². The van der Waals surface area contributed by atoms with Crippen molar-refractivity contribution < 1.29 is 9.13 Å². The molecule has 2 aromatic rings. The Bertz CT molecular complexity index is 610. The second-order valence-electron chi connectivity index (χ2n) is 3.47. The minimum Gasteiger partial charge on any atom is -0.472 e. The van der Waals surface area contributed by atoms with Crippen LogP contribution in [0, 0.1) is 17.1 Å². The molecular weight excluding hydrogens is 255 g/mol. The molecule has 0 fully saturated rings. The van der Waals surface area contributed by atoms with Gasteiger partial charge in [-0.05, 0) is 12.1 Å². The van der Waals surface area contributed by atoms with Crippen molar-refractivity contribution >= 4 is 11.6 Å². The van der Waals surface area contributed by atoms with E-state index in [9.17, 15) is 4.39 Å². The molecule has 3 nitrogen and oxygen atoms in total. The normalized spacial score (nSPS) is 9.83. The summed E-state index contributed by atoms with van der Waals surface area (Å²) in [5.74, 6) is -0.232. The number of aromatic nitrogens is 1. The van der Waals surface area contributed by atoms with Gasteiger partial charge in [-0.3, -0.25) is 0 Å². The summed E-state index contributed by atoms with van der Waals surface area (Å²) >= 11 is 5.91. The molecule has 0 atom stereocenters. The topological polar surface area (TPSA) is 45.9 Å². The van der Waals surface area contributed by atoms with Gasteiger partial charge in [-0.25, -0.2) is 9.37 Å². The molecule has 0 aliphatic rings. The Hall–Kier alpha value is -2.12. The van der Waals surface area contributed by atoms with Gasteiger partial charge in [0.25, 0.3) is 0 Å². The molecule has 0 unspecified atom stereocenters. The van der Waals surface area contributed by atoms with Gasteiger partial charge in [0, 0.05) is 11.8 Å². The summed E-state index contributed by atoms with van der Waals surface area (Å²) in [6, 6.07) is 9.67. The van der Waals surface area contributed by atoms with Crippen molar-refractivity contribution in [3.05, 3.63) is 58.5 Å². The smallest absolute Gasteiger partial charge is 0.234 e. The summed E-state index contributed by atoms with van der Waals surface area (Å²) in [6.45, 7) is 0.00821. The highest BCUT2D eigenvalue weighted by atomic mass is 35.5. The van der Waals surface area contributed by atoms with Crippen LogP contribution < -0.4 is 4.74 Å². The first kappa shape index (κ1) is 12.3. The quantitative estimate of drug-likeness (QED) is 0.852. The Labute approximate surface area is 108 Å². The Kier molecular flexibility index (Phi) is 3.75. The highest BCUT2D eigenvalue weighted by Gasteiger charge is 2.09. The Balaban J connectivity index is 2.17. The molecule has 1 heterocycles. The van der Waals surface area contributed by atoms with Gasteiger partial charge < -0.3 is 4.74 Å². The molecule has 0 N–H and O–H groups in total. The standard InChI is InChI=1S/C13H8ClFN2O/c14-12-9(7-16)5-6-17-13(12)18-8-10-3-1-2-4-11(10)15/h1-6H,8H2. The van der Waals surface area contributed by atoms with E-state index in [-0.39, 0.29) is 28.9 Å². The first-order valence-corrected chi connectivity index (χ1v) is 5.51. The van der Waals surface area contributed by atoms with Gasteiger partial charge in [-0.2, -0.15) is 5.26 Å². The van der Waals surface area contributed by atoms with E-state index >= 15 is 0 Å². The number of hydrogen-bond donors (Lipinski definition) is 0. The zero-order chi connectivity index (χ0) is 13.0. The van der Waals surface area contributed by atoms with Gasteiger partial charge in [0.15, 0.2) is 0 Å². The Morgan fingerprint density at radius 2 is 2.11 bits per heavy atom. The fourth-order valence-corrected chi connectivity index (χ4v) is 1.58. The van der Waals surface area contributed by atoms with Gasteiger partial charge in [-0.1, -0.05) is 29.8 Å². The summed E-state index contributed by atoms with van der Waals surface area (Å²) in [5, 5.41) is 8.93. The second kappa shape index (κ2) is 5.48. The highest BCUT2D eigenvalue weighted by molar-refractivity contribution is 6.32. The van der Waals surface area contributed by atoms with E-state index in [0.717, 1.165) is 0 Å². The number of pyridine rings is 1. The van der Waals surface area contributed by atoms with Crippen LogP contribution >= 0.6 is 11.6 Å². The van der Waals surface area contributed by atoms with Crippen molar-refractivity contribution in [3.63, 3.8) is 0 Å². The molecule has 0 aliphatic heterocycles. The van der Waals surface area contributed by atoms with E-state index in [4.69, 9.17) is 21.6 Å². The van der Waals surface area contributed by atoms with Gasteiger partial charge in [0.1, 0.15) is 23.5 Å². The maximum Gasteiger partial charge on any atom is 0.234 e. The molecule has 18 heavy (non-hydrogen) atoms. The lowest BCUT2D eigenvalue weighted by atomic mass is 10.2. The molecular formula is C13H8ClFN2O. The number of rotatable bonds is 3. The molecule has 0 aliphatic carbocycles. The SMILES string of the molecule is N#Cc1ccnc(OCc2ccccc2F)c1Cl. The molecule has 1 aromatic carbocycles. The highest BCUT2D eigenvalue weighted by Crippen LogP contribution is 2.25. The molecule has 0 saturated heterocycles. The van der Waals surface area contributed by atoms with Crippen molar-refractivity contribution in [1.29, 1.82) is 5.26 Å². The lowest BCUT2D eigenvalue weighted by molar-refractivity contribution is 0.288. The molecule has 2 rings (SSSR count). The predicted molar refractivity (Wildman–Crippen MR) is 64.7 cm³/mol. The van der Waals surface area contributed by atoms with Gasteiger partial charge >= 0.3 is 0 Å². The van der Waals surface area contributed by atoms with Crippen LogP contribution in [0.3, 0.4) is 0 Å². The van der Waals surface area contributed by atoms with Crippen LogP contribution in [0.4, 0.5) is 4.39 Å². The Morgan fingerprint density at radius 3 is 2.83 bits per heavy atom. The number of halogens is 2. The largest absolute Gasteiger partial charge is 0.472 e. The zero-order valence-corrected chi connectivity index (χ0v) is 9.99. The minimum absolute atomic E-state index is 0.00821. The third-order valence-corrected chi connectivity index (χ3v) is 2.67. The van der Waals surface area contributed by atoms with Crippen LogP contribution in [-0.4, -0.2) is 4.98 Å². The Morgan fingerprint density at radius 1 is 1.33 bits per heavy atom. The summed E-state index contributed by atoms with van der Waals surface area (Å²) in [5.41, 5.74) is 0.674. The van der Waals surface area contributed by atoms with E-state index in [2.05, 4.69) is 4.98 Å². The third-order valence-electron chi connectivity index (χ3n) is 2.30. The lowest BCUT2D eigenvalue weighted by Crippen LogP contribution is -2.00. The third kappa shape index (κ3) is 2.58. The monoisotopic (exact) mass is 262 g/mol. The number of ether oxygens (including phenoxy) is 1. The van der Waals surface area contributed by atoms with E-state index in [1.807, 2.05) is 6.07 Å². The van der Waals surface area contributed by atoms with Crippen LogP contribution in [0.15, 0.2) is 36.5 Å². The van der Waals surface area contributed by atoms with Crippen molar-refractivity contribution in [3.8, 4) is 11.9 Å². The minimum atomic E-state index is -0.356. The number of nitrogens with zero attached hydrogens (tertiary/aromatic N) is 2. The van der Waals surface area contributed by atoms with E-state index < -0.39 is 0 Å². The molecule has 0 amide bonds. The zero-order valence-electron chi connectivity index (χ0n) is 9.23. The molecule has 0 bridgehead atoms. The van der Waals surface area contributed by atoms with Crippen LogP contribution in [0.1, 0.15) is 11.1 Å². The molecule has 0 saturated carbocycles. The van der Waals surface area contributed by atoms with Crippen molar-refractivity contribution in [2.24, 2.45) is 0 Å². The number of nitriles is 1. The maximum absolute atomic E-state index is 13.4. The number of hydrogen-bond acceptors (Lipinski definition) is 3. The van der Waals surface area contributed by atoms with Crippen molar-refractivity contribution in [2.75, 3.05) is 0 Å². The first-order valence-electron chi connectivity index (χ1n) is 5.13. The van der Waals surface area contributed by atoms with Gasteiger partial charge in [-0.15, -0.1) is 0 Å². The fraction of sp³-hybridized carbons (Fsp3) is 0.0769. The van der Waals surface area contributed by atoms with Crippen LogP contribution in [0.5, 0.6) is 5.88 Å².